The van der Waals surface area contributed by atoms with E-state index in [2.05, 4.69) is 4.90 Å². The molecule has 1 aliphatic rings. The van der Waals surface area contributed by atoms with Gasteiger partial charge in [-0.1, -0.05) is 0 Å². The monoisotopic (exact) mass is 292 g/mol. The second kappa shape index (κ2) is 6.09. The molecule has 0 aliphatic carbocycles. The van der Waals surface area contributed by atoms with Gasteiger partial charge in [0.25, 0.3) is 11.6 Å². The van der Waals surface area contributed by atoms with Crippen LogP contribution in [0.25, 0.3) is 0 Å². The molecule has 114 valence electrons. The molecule has 0 saturated carbocycles. The largest absolute Gasteiger partial charge is 0.393 e. The number of anilines is 1. The minimum Gasteiger partial charge on any atom is -0.393 e. The Morgan fingerprint density at radius 1 is 1.43 bits per heavy atom. The Morgan fingerprint density at radius 2 is 2.14 bits per heavy atom. The SMILES string of the molecule is CC1CN(C)CCCN1C(=O)c1ccc(N)c([N+](=O)[O-])c1. The van der Waals surface area contributed by atoms with Crippen molar-refractivity contribution in [2.24, 2.45) is 0 Å². The van der Waals surface area contributed by atoms with Gasteiger partial charge in [0, 0.05) is 30.8 Å². The summed E-state index contributed by atoms with van der Waals surface area (Å²) >= 11 is 0. The molecule has 1 fully saturated rings. The number of likely N-dealkylation sites (N-methyl/N-ethyl adjacent to an activating group) is 1. The van der Waals surface area contributed by atoms with E-state index in [-0.39, 0.29) is 23.3 Å². The number of nitrogens with zero attached hydrogens (tertiary/aromatic N) is 3. The van der Waals surface area contributed by atoms with Crippen molar-refractivity contribution in [3.05, 3.63) is 33.9 Å². The topological polar surface area (TPSA) is 92.7 Å². The molecule has 2 N–H and O–H groups in total. The van der Waals surface area contributed by atoms with Gasteiger partial charge in [-0.05, 0) is 39.1 Å². The first-order valence-corrected chi connectivity index (χ1v) is 6.93. The van der Waals surface area contributed by atoms with Gasteiger partial charge in [-0.15, -0.1) is 0 Å². The maximum absolute atomic E-state index is 12.6. The normalized spacial score (nSPS) is 20.1. The zero-order valence-corrected chi connectivity index (χ0v) is 12.3. The summed E-state index contributed by atoms with van der Waals surface area (Å²) in [6, 6.07) is 4.30. The molecule has 21 heavy (non-hydrogen) atoms. The average Bonchev–Trinajstić information content (AvgIpc) is 2.58. The highest BCUT2D eigenvalue weighted by atomic mass is 16.6. The molecule has 2 rings (SSSR count). The lowest BCUT2D eigenvalue weighted by molar-refractivity contribution is -0.383. The van der Waals surface area contributed by atoms with Crippen LogP contribution in [0.1, 0.15) is 23.7 Å². The highest BCUT2D eigenvalue weighted by molar-refractivity contribution is 5.95. The second-order valence-corrected chi connectivity index (χ2v) is 5.49. The molecular formula is C14H20N4O3. The molecule has 1 amide bonds. The van der Waals surface area contributed by atoms with Crippen LogP contribution in [0.15, 0.2) is 18.2 Å². The Labute approximate surface area is 123 Å². The van der Waals surface area contributed by atoms with Crippen molar-refractivity contribution in [2.75, 3.05) is 32.4 Å². The maximum atomic E-state index is 12.6. The van der Waals surface area contributed by atoms with E-state index in [0.717, 1.165) is 19.5 Å². The number of benzene rings is 1. The number of hydrogen-bond acceptors (Lipinski definition) is 5. The van der Waals surface area contributed by atoms with Crippen LogP contribution in [0.4, 0.5) is 11.4 Å². The minimum atomic E-state index is -0.564. The zero-order valence-electron chi connectivity index (χ0n) is 12.3. The number of nitro benzene ring substituents is 1. The number of nitrogen functional groups attached to an aromatic ring is 1. The lowest BCUT2D eigenvalue weighted by atomic mass is 10.1. The van der Waals surface area contributed by atoms with Crippen LogP contribution >= 0.6 is 0 Å². The van der Waals surface area contributed by atoms with Gasteiger partial charge in [0.05, 0.1) is 4.92 Å². The van der Waals surface area contributed by atoms with Crippen molar-refractivity contribution in [2.45, 2.75) is 19.4 Å². The van der Waals surface area contributed by atoms with E-state index in [1.54, 1.807) is 11.0 Å². The molecule has 1 aromatic rings. The zero-order chi connectivity index (χ0) is 15.6. The summed E-state index contributed by atoms with van der Waals surface area (Å²) in [4.78, 5) is 26.9. The minimum absolute atomic E-state index is 0.0696. The molecule has 0 radical (unpaired) electrons. The van der Waals surface area contributed by atoms with Gasteiger partial charge in [-0.25, -0.2) is 0 Å². The van der Waals surface area contributed by atoms with Crippen LogP contribution in [-0.4, -0.2) is 53.4 Å². The van der Waals surface area contributed by atoms with Gasteiger partial charge in [-0.3, -0.25) is 14.9 Å². The Morgan fingerprint density at radius 3 is 2.81 bits per heavy atom. The second-order valence-electron chi connectivity index (χ2n) is 5.49. The van der Waals surface area contributed by atoms with Gasteiger partial charge in [0.15, 0.2) is 0 Å². The summed E-state index contributed by atoms with van der Waals surface area (Å²) in [6.07, 6.45) is 0.893. The Hall–Kier alpha value is -2.15. The lowest BCUT2D eigenvalue weighted by Crippen LogP contribution is -2.42. The summed E-state index contributed by atoms with van der Waals surface area (Å²) in [6.45, 7) is 4.38. The summed E-state index contributed by atoms with van der Waals surface area (Å²) in [5.74, 6) is -0.180. The summed E-state index contributed by atoms with van der Waals surface area (Å²) < 4.78 is 0. The smallest absolute Gasteiger partial charge is 0.292 e. The van der Waals surface area contributed by atoms with E-state index in [1.807, 2.05) is 14.0 Å². The predicted octanol–water partition coefficient (Wildman–Crippen LogP) is 1.34. The molecule has 0 aromatic heterocycles. The number of hydrogen-bond donors (Lipinski definition) is 1. The molecule has 1 heterocycles. The van der Waals surface area contributed by atoms with Crippen LogP contribution in [0.5, 0.6) is 0 Å². The fraction of sp³-hybridized carbons (Fsp3) is 0.500. The highest BCUT2D eigenvalue weighted by Gasteiger charge is 2.26. The molecular weight excluding hydrogens is 272 g/mol. The summed E-state index contributed by atoms with van der Waals surface area (Å²) in [7, 11) is 2.03. The first-order chi connectivity index (χ1) is 9.90. The fourth-order valence-electron chi connectivity index (χ4n) is 2.67. The quantitative estimate of drug-likeness (QED) is 0.504. The molecule has 1 unspecified atom stereocenters. The van der Waals surface area contributed by atoms with Crippen LogP contribution < -0.4 is 5.73 Å². The molecule has 0 bridgehead atoms. The van der Waals surface area contributed by atoms with Gasteiger partial charge in [-0.2, -0.15) is 0 Å². The highest BCUT2D eigenvalue weighted by Crippen LogP contribution is 2.24. The Kier molecular flexibility index (Phi) is 4.42. The number of carbonyl (C=O) groups excluding carboxylic acids is 1. The van der Waals surface area contributed by atoms with Crippen molar-refractivity contribution in [1.29, 1.82) is 0 Å². The third-order valence-corrected chi connectivity index (χ3v) is 3.78. The number of carbonyl (C=O) groups is 1. The number of rotatable bonds is 2. The fourth-order valence-corrected chi connectivity index (χ4v) is 2.67. The van der Waals surface area contributed by atoms with Gasteiger partial charge < -0.3 is 15.5 Å². The molecule has 7 heteroatoms. The van der Waals surface area contributed by atoms with Crippen molar-refractivity contribution < 1.29 is 9.72 Å². The van der Waals surface area contributed by atoms with Crippen molar-refractivity contribution >= 4 is 17.3 Å². The molecule has 1 atom stereocenters. The van der Waals surface area contributed by atoms with E-state index < -0.39 is 4.92 Å². The first-order valence-electron chi connectivity index (χ1n) is 6.93. The van der Waals surface area contributed by atoms with Gasteiger partial charge in [0.2, 0.25) is 0 Å². The Bertz CT molecular complexity index is 561. The molecule has 1 aromatic carbocycles. The number of nitro groups is 1. The van der Waals surface area contributed by atoms with Crippen molar-refractivity contribution in [3.8, 4) is 0 Å². The number of amides is 1. The molecule has 0 spiro atoms. The summed E-state index contributed by atoms with van der Waals surface area (Å²) in [5, 5.41) is 10.9. The summed E-state index contributed by atoms with van der Waals surface area (Å²) in [5.41, 5.74) is 5.73. The average molecular weight is 292 g/mol. The van der Waals surface area contributed by atoms with Crippen LogP contribution in [0.3, 0.4) is 0 Å². The maximum Gasteiger partial charge on any atom is 0.292 e. The van der Waals surface area contributed by atoms with E-state index >= 15 is 0 Å². The van der Waals surface area contributed by atoms with Crippen molar-refractivity contribution in [3.63, 3.8) is 0 Å². The van der Waals surface area contributed by atoms with Crippen LogP contribution in [0, 0.1) is 10.1 Å². The Balaban J connectivity index is 2.27. The van der Waals surface area contributed by atoms with Gasteiger partial charge >= 0.3 is 0 Å². The van der Waals surface area contributed by atoms with Gasteiger partial charge in [0.1, 0.15) is 5.69 Å². The molecule has 1 saturated heterocycles. The third kappa shape index (κ3) is 3.30. The van der Waals surface area contributed by atoms with E-state index in [0.29, 0.717) is 12.1 Å². The standard InChI is InChI=1S/C14H20N4O3/c1-10-9-16(2)6-3-7-17(10)14(19)11-4-5-12(15)13(8-11)18(20)21/h4-5,8,10H,3,6-7,9,15H2,1-2H3. The van der Waals surface area contributed by atoms with E-state index in [1.165, 1.54) is 12.1 Å². The number of nitrogens with two attached hydrogens (primary N) is 1. The van der Waals surface area contributed by atoms with Crippen LogP contribution in [-0.2, 0) is 0 Å². The van der Waals surface area contributed by atoms with Crippen LogP contribution in [0.2, 0.25) is 0 Å². The molecule has 1 aliphatic heterocycles. The van der Waals surface area contributed by atoms with E-state index in [9.17, 15) is 14.9 Å². The van der Waals surface area contributed by atoms with Crippen molar-refractivity contribution in [1.82, 2.24) is 9.80 Å². The lowest BCUT2D eigenvalue weighted by Gasteiger charge is -2.28. The third-order valence-electron chi connectivity index (χ3n) is 3.78. The van der Waals surface area contributed by atoms with E-state index in [4.69, 9.17) is 5.73 Å². The molecule has 7 nitrogen and oxygen atoms in total. The predicted molar refractivity (Wildman–Crippen MR) is 80.1 cm³/mol. The first kappa shape index (κ1) is 15.2.